The minimum atomic E-state index is 0.305. The molecular weight excluding hydrogens is 204 g/mol. The molecule has 86 valence electrons. The molecule has 2 aromatic heterocycles. The number of hydrogen-bond acceptors (Lipinski definition) is 5. The minimum absolute atomic E-state index is 0.305. The molecule has 0 fully saturated rings. The molecule has 1 unspecified atom stereocenters. The highest BCUT2D eigenvalue weighted by Gasteiger charge is 2.07. The predicted molar refractivity (Wildman–Crippen MR) is 62.3 cm³/mol. The van der Waals surface area contributed by atoms with Crippen LogP contribution in [-0.4, -0.2) is 32.2 Å². The van der Waals surface area contributed by atoms with Gasteiger partial charge in [-0.1, -0.05) is 0 Å². The summed E-state index contributed by atoms with van der Waals surface area (Å²) in [6.07, 6.45) is 2.41. The number of aromatic nitrogens is 4. The number of anilines is 1. The molecule has 6 nitrogen and oxygen atoms in total. The van der Waals surface area contributed by atoms with Crippen molar-refractivity contribution >= 4 is 11.6 Å². The van der Waals surface area contributed by atoms with E-state index in [1.54, 1.807) is 4.52 Å². The maximum atomic E-state index is 5.52. The molecule has 0 aliphatic carbocycles. The summed E-state index contributed by atoms with van der Waals surface area (Å²) < 4.78 is 1.69. The maximum Gasteiger partial charge on any atom is 0.254 e. The van der Waals surface area contributed by atoms with Gasteiger partial charge in [-0.2, -0.15) is 14.6 Å². The second-order valence-electron chi connectivity index (χ2n) is 3.88. The lowest BCUT2D eigenvalue weighted by Crippen LogP contribution is -2.21. The Labute approximate surface area is 93.9 Å². The summed E-state index contributed by atoms with van der Waals surface area (Å²) >= 11 is 0. The lowest BCUT2D eigenvalue weighted by Gasteiger charge is -2.14. The van der Waals surface area contributed by atoms with E-state index in [4.69, 9.17) is 5.73 Å². The van der Waals surface area contributed by atoms with Gasteiger partial charge in [-0.3, -0.25) is 0 Å². The standard InChI is InChI=1S/C10H16N6/c1-7(3-4-11)14-9-5-8(2)15-10-12-6-13-16(9)10/h5-7,14H,3-4,11H2,1-2H3. The molecule has 2 aromatic rings. The van der Waals surface area contributed by atoms with Crippen molar-refractivity contribution in [3.8, 4) is 0 Å². The van der Waals surface area contributed by atoms with Crippen LogP contribution in [0.1, 0.15) is 19.0 Å². The van der Waals surface area contributed by atoms with Crippen LogP contribution in [-0.2, 0) is 0 Å². The minimum Gasteiger partial charge on any atom is -0.367 e. The van der Waals surface area contributed by atoms with Crippen LogP contribution in [0.2, 0.25) is 0 Å². The van der Waals surface area contributed by atoms with Crippen LogP contribution in [0.15, 0.2) is 12.4 Å². The van der Waals surface area contributed by atoms with Crippen LogP contribution in [0, 0.1) is 6.92 Å². The third-order valence-electron chi connectivity index (χ3n) is 2.37. The molecule has 2 rings (SSSR count). The number of rotatable bonds is 4. The molecule has 1 atom stereocenters. The van der Waals surface area contributed by atoms with Gasteiger partial charge in [-0.05, 0) is 26.8 Å². The number of fused-ring (bicyclic) bond motifs is 1. The molecule has 6 heteroatoms. The second-order valence-corrected chi connectivity index (χ2v) is 3.88. The summed E-state index contributed by atoms with van der Waals surface area (Å²) in [7, 11) is 0. The van der Waals surface area contributed by atoms with E-state index in [0.717, 1.165) is 17.9 Å². The number of aryl methyl sites for hydroxylation is 1. The molecule has 0 spiro atoms. The van der Waals surface area contributed by atoms with Crippen molar-refractivity contribution in [3.63, 3.8) is 0 Å². The molecule has 2 heterocycles. The van der Waals surface area contributed by atoms with E-state index < -0.39 is 0 Å². The van der Waals surface area contributed by atoms with E-state index in [-0.39, 0.29) is 0 Å². The lowest BCUT2D eigenvalue weighted by molar-refractivity contribution is 0.707. The first-order valence-electron chi connectivity index (χ1n) is 5.34. The topological polar surface area (TPSA) is 81.1 Å². The van der Waals surface area contributed by atoms with Gasteiger partial charge in [0.15, 0.2) is 0 Å². The van der Waals surface area contributed by atoms with Gasteiger partial charge in [0.1, 0.15) is 12.1 Å². The fourth-order valence-electron chi connectivity index (χ4n) is 1.61. The second kappa shape index (κ2) is 4.44. The van der Waals surface area contributed by atoms with Gasteiger partial charge in [0.2, 0.25) is 0 Å². The summed E-state index contributed by atoms with van der Waals surface area (Å²) in [5.41, 5.74) is 6.44. The third kappa shape index (κ3) is 2.11. The highest BCUT2D eigenvalue weighted by atomic mass is 15.4. The quantitative estimate of drug-likeness (QED) is 0.787. The Morgan fingerprint density at radius 2 is 2.38 bits per heavy atom. The monoisotopic (exact) mass is 220 g/mol. The van der Waals surface area contributed by atoms with Crippen LogP contribution in [0.3, 0.4) is 0 Å². The fraction of sp³-hybridized carbons (Fsp3) is 0.500. The summed E-state index contributed by atoms with van der Waals surface area (Å²) in [5, 5.41) is 7.48. The highest BCUT2D eigenvalue weighted by molar-refractivity contribution is 5.45. The lowest BCUT2D eigenvalue weighted by atomic mass is 10.2. The van der Waals surface area contributed by atoms with Crippen LogP contribution < -0.4 is 11.1 Å². The van der Waals surface area contributed by atoms with E-state index >= 15 is 0 Å². The predicted octanol–water partition coefficient (Wildman–Crippen LogP) is 0.582. The summed E-state index contributed by atoms with van der Waals surface area (Å²) in [4.78, 5) is 8.34. The van der Waals surface area contributed by atoms with E-state index in [1.165, 1.54) is 6.33 Å². The first kappa shape index (κ1) is 10.8. The molecular formula is C10H16N6. The average molecular weight is 220 g/mol. The molecule has 0 amide bonds. The van der Waals surface area contributed by atoms with Crippen molar-refractivity contribution in [3.05, 3.63) is 18.1 Å². The smallest absolute Gasteiger partial charge is 0.254 e. The molecule has 0 aromatic carbocycles. The van der Waals surface area contributed by atoms with Gasteiger partial charge in [-0.15, -0.1) is 0 Å². The van der Waals surface area contributed by atoms with Crippen molar-refractivity contribution in [1.29, 1.82) is 0 Å². The Morgan fingerprint density at radius 3 is 3.12 bits per heavy atom. The van der Waals surface area contributed by atoms with Crippen molar-refractivity contribution in [1.82, 2.24) is 19.6 Å². The SMILES string of the molecule is Cc1cc(NC(C)CCN)n2ncnc2n1. The van der Waals surface area contributed by atoms with Gasteiger partial charge < -0.3 is 11.1 Å². The Morgan fingerprint density at radius 1 is 1.56 bits per heavy atom. The first-order valence-corrected chi connectivity index (χ1v) is 5.34. The summed E-state index contributed by atoms with van der Waals surface area (Å²) in [6.45, 7) is 4.69. The van der Waals surface area contributed by atoms with E-state index in [0.29, 0.717) is 18.4 Å². The Bertz CT molecular complexity index is 477. The van der Waals surface area contributed by atoms with Crippen molar-refractivity contribution in [2.24, 2.45) is 5.73 Å². The van der Waals surface area contributed by atoms with Gasteiger partial charge in [0.25, 0.3) is 5.78 Å². The zero-order valence-electron chi connectivity index (χ0n) is 9.51. The van der Waals surface area contributed by atoms with E-state index in [2.05, 4.69) is 27.3 Å². The van der Waals surface area contributed by atoms with Crippen molar-refractivity contribution in [2.45, 2.75) is 26.3 Å². The molecule has 0 aliphatic rings. The maximum absolute atomic E-state index is 5.52. The van der Waals surface area contributed by atoms with Crippen molar-refractivity contribution < 1.29 is 0 Å². The van der Waals surface area contributed by atoms with Gasteiger partial charge in [0, 0.05) is 17.8 Å². The first-order chi connectivity index (χ1) is 7.70. The number of nitrogens with one attached hydrogen (secondary N) is 1. The van der Waals surface area contributed by atoms with Crippen LogP contribution in [0.4, 0.5) is 5.82 Å². The molecule has 0 saturated heterocycles. The summed E-state index contributed by atoms with van der Waals surface area (Å²) in [6, 6.07) is 2.26. The highest BCUT2D eigenvalue weighted by Crippen LogP contribution is 2.11. The molecule has 3 N–H and O–H groups in total. The van der Waals surface area contributed by atoms with Crippen molar-refractivity contribution in [2.75, 3.05) is 11.9 Å². The van der Waals surface area contributed by atoms with Gasteiger partial charge in [-0.25, -0.2) is 4.98 Å². The molecule has 0 bridgehead atoms. The van der Waals surface area contributed by atoms with Gasteiger partial charge in [0.05, 0.1) is 0 Å². The average Bonchev–Trinajstić information content (AvgIpc) is 2.65. The normalized spacial score (nSPS) is 12.9. The third-order valence-corrected chi connectivity index (χ3v) is 2.37. The van der Waals surface area contributed by atoms with Gasteiger partial charge >= 0.3 is 0 Å². The zero-order valence-corrected chi connectivity index (χ0v) is 9.51. The Kier molecular flexibility index (Phi) is 3.00. The Balaban J connectivity index is 2.31. The van der Waals surface area contributed by atoms with Crippen LogP contribution in [0.25, 0.3) is 5.78 Å². The molecule has 0 radical (unpaired) electrons. The van der Waals surface area contributed by atoms with Crippen LogP contribution in [0.5, 0.6) is 0 Å². The zero-order chi connectivity index (χ0) is 11.5. The van der Waals surface area contributed by atoms with Crippen LogP contribution >= 0.6 is 0 Å². The Hall–Kier alpha value is -1.69. The van der Waals surface area contributed by atoms with E-state index in [9.17, 15) is 0 Å². The molecule has 0 saturated carbocycles. The number of nitrogens with zero attached hydrogens (tertiary/aromatic N) is 4. The number of nitrogens with two attached hydrogens (primary N) is 1. The molecule has 0 aliphatic heterocycles. The summed E-state index contributed by atoms with van der Waals surface area (Å²) in [5.74, 6) is 1.52. The molecule has 16 heavy (non-hydrogen) atoms. The van der Waals surface area contributed by atoms with E-state index in [1.807, 2.05) is 13.0 Å². The largest absolute Gasteiger partial charge is 0.367 e. The fourth-order valence-corrected chi connectivity index (χ4v) is 1.61. The number of hydrogen-bond donors (Lipinski definition) is 2.